The third-order valence-corrected chi connectivity index (χ3v) is 4.08. The van der Waals surface area contributed by atoms with Crippen molar-refractivity contribution in [3.05, 3.63) is 0 Å². The average molecular weight is 166 g/mol. The molecule has 1 heteroatoms. The van der Waals surface area contributed by atoms with Crippen LogP contribution in [0.4, 0.5) is 0 Å². The van der Waals surface area contributed by atoms with Gasteiger partial charge in [0.25, 0.3) is 0 Å². The van der Waals surface area contributed by atoms with Crippen LogP contribution in [0, 0.1) is 11.3 Å². The van der Waals surface area contributed by atoms with Crippen LogP contribution in [0.15, 0.2) is 0 Å². The molecule has 0 unspecified atom stereocenters. The summed E-state index contributed by atoms with van der Waals surface area (Å²) in [5, 5.41) is 0. The molecule has 2 fully saturated rings. The van der Waals surface area contributed by atoms with Crippen LogP contribution in [-0.4, -0.2) is 5.78 Å². The van der Waals surface area contributed by atoms with Crippen molar-refractivity contribution in [2.75, 3.05) is 0 Å². The minimum atomic E-state index is 0.151. The predicted molar refractivity (Wildman–Crippen MR) is 48.9 cm³/mol. The van der Waals surface area contributed by atoms with Gasteiger partial charge in [0, 0.05) is 5.41 Å². The number of rotatable bonds is 1. The molecule has 0 aromatic carbocycles. The van der Waals surface area contributed by atoms with Gasteiger partial charge < -0.3 is 0 Å². The number of Topliss-reactive ketones (excluding diaryl/α,β-unsaturated/α-hetero) is 1. The SMILES string of the molecule is CC(=O)[C@@]12CCCC[C@@H]1CCC2. The normalized spacial score (nSPS) is 40.9. The first-order chi connectivity index (χ1) is 5.76. The van der Waals surface area contributed by atoms with Gasteiger partial charge in [0.2, 0.25) is 0 Å². The summed E-state index contributed by atoms with van der Waals surface area (Å²) >= 11 is 0. The molecular formula is C11H18O. The Bertz CT molecular complexity index is 197. The Morgan fingerprint density at radius 3 is 2.50 bits per heavy atom. The molecule has 2 rings (SSSR count). The Morgan fingerprint density at radius 2 is 1.83 bits per heavy atom. The summed E-state index contributed by atoms with van der Waals surface area (Å²) in [6, 6.07) is 0. The van der Waals surface area contributed by atoms with Crippen LogP contribution in [0.2, 0.25) is 0 Å². The van der Waals surface area contributed by atoms with Crippen molar-refractivity contribution in [2.45, 2.75) is 51.9 Å². The van der Waals surface area contributed by atoms with Crippen LogP contribution in [0.5, 0.6) is 0 Å². The number of hydrogen-bond donors (Lipinski definition) is 0. The molecule has 0 radical (unpaired) electrons. The van der Waals surface area contributed by atoms with Crippen molar-refractivity contribution < 1.29 is 4.79 Å². The largest absolute Gasteiger partial charge is 0.299 e. The fourth-order valence-electron chi connectivity index (χ4n) is 3.36. The molecule has 1 nitrogen and oxygen atoms in total. The quantitative estimate of drug-likeness (QED) is 0.585. The number of fused-ring (bicyclic) bond motifs is 1. The fourth-order valence-corrected chi connectivity index (χ4v) is 3.36. The summed E-state index contributed by atoms with van der Waals surface area (Å²) in [4.78, 5) is 11.6. The Morgan fingerprint density at radius 1 is 1.17 bits per heavy atom. The standard InChI is InChI=1S/C11H18O/c1-9(12)11-7-3-2-5-10(11)6-4-8-11/h10H,2-8H2,1H3/t10-,11+/m1/s1. The van der Waals surface area contributed by atoms with Crippen LogP contribution in [0.1, 0.15) is 51.9 Å². The van der Waals surface area contributed by atoms with E-state index in [4.69, 9.17) is 0 Å². The van der Waals surface area contributed by atoms with Gasteiger partial charge in [-0.05, 0) is 38.5 Å². The van der Waals surface area contributed by atoms with Gasteiger partial charge in [-0.3, -0.25) is 4.79 Å². The van der Waals surface area contributed by atoms with E-state index in [1.54, 1.807) is 0 Å². The van der Waals surface area contributed by atoms with Crippen molar-refractivity contribution >= 4 is 5.78 Å². The van der Waals surface area contributed by atoms with Crippen molar-refractivity contribution in [1.29, 1.82) is 0 Å². The molecule has 0 bridgehead atoms. The zero-order chi connectivity index (χ0) is 8.60. The fraction of sp³-hybridized carbons (Fsp3) is 0.909. The first kappa shape index (κ1) is 8.28. The van der Waals surface area contributed by atoms with Gasteiger partial charge in [0.15, 0.2) is 0 Å². The van der Waals surface area contributed by atoms with Gasteiger partial charge in [0.05, 0.1) is 0 Å². The maximum Gasteiger partial charge on any atom is 0.136 e. The molecule has 0 saturated heterocycles. The van der Waals surface area contributed by atoms with Gasteiger partial charge >= 0.3 is 0 Å². The zero-order valence-electron chi connectivity index (χ0n) is 7.94. The number of ketones is 1. The molecule has 0 aromatic rings. The molecule has 2 aliphatic rings. The summed E-state index contributed by atoms with van der Waals surface area (Å²) in [5.41, 5.74) is 0.151. The highest BCUT2D eigenvalue weighted by Gasteiger charge is 2.47. The molecule has 0 N–H and O–H groups in total. The molecule has 2 aliphatic carbocycles. The van der Waals surface area contributed by atoms with Crippen molar-refractivity contribution in [2.24, 2.45) is 11.3 Å². The lowest BCUT2D eigenvalue weighted by atomic mass is 9.66. The lowest BCUT2D eigenvalue weighted by molar-refractivity contribution is -0.130. The van der Waals surface area contributed by atoms with Crippen molar-refractivity contribution in [3.63, 3.8) is 0 Å². The van der Waals surface area contributed by atoms with E-state index in [0.29, 0.717) is 5.78 Å². The van der Waals surface area contributed by atoms with E-state index < -0.39 is 0 Å². The number of hydrogen-bond acceptors (Lipinski definition) is 1. The van der Waals surface area contributed by atoms with Gasteiger partial charge in [-0.1, -0.05) is 19.3 Å². The van der Waals surface area contributed by atoms with E-state index in [0.717, 1.165) is 5.92 Å². The topological polar surface area (TPSA) is 17.1 Å². The second kappa shape index (κ2) is 2.86. The van der Waals surface area contributed by atoms with Crippen LogP contribution in [-0.2, 0) is 4.79 Å². The van der Waals surface area contributed by atoms with Crippen LogP contribution >= 0.6 is 0 Å². The number of carbonyl (C=O) groups excluding carboxylic acids is 1. The predicted octanol–water partition coefficient (Wildman–Crippen LogP) is 2.94. The van der Waals surface area contributed by atoms with E-state index in [-0.39, 0.29) is 5.41 Å². The van der Waals surface area contributed by atoms with Gasteiger partial charge in [-0.25, -0.2) is 0 Å². The second-order valence-corrected chi connectivity index (χ2v) is 4.55. The first-order valence-corrected chi connectivity index (χ1v) is 5.27. The third-order valence-electron chi connectivity index (χ3n) is 4.08. The van der Waals surface area contributed by atoms with E-state index in [9.17, 15) is 4.79 Å². The molecule has 0 spiro atoms. The third kappa shape index (κ3) is 1.02. The minimum Gasteiger partial charge on any atom is -0.299 e. The van der Waals surface area contributed by atoms with Crippen LogP contribution in [0.3, 0.4) is 0 Å². The molecule has 12 heavy (non-hydrogen) atoms. The highest BCUT2D eigenvalue weighted by molar-refractivity contribution is 5.83. The molecule has 0 amide bonds. The summed E-state index contributed by atoms with van der Waals surface area (Å²) < 4.78 is 0. The van der Waals surface area contributed by atoms with E-state index in [2.05, 4.69) is 0 Å². The second-order valence-electron chi connectivity index (χ2n) is 4.55. The summed E-state index contributed by atoms with van der Waals surface area (Å²) in [5.74, 6) is 1.23. The first-order valence-electron chi connectivity index (χ1n) is 5.27. The summed E-state index contributed by atoms with van der Waals surface area (Å²) in [7, 11) is 0. The minimum absolute atomic E-state index is 0.151. The Kier molecular flexibility index (Phi) is 1.97. The molecule has 2 saturated carbocycles. The zero-order valence-corrected chi connectivity index (χ0v) is 7.94. The summed E-state index contributed by atoms with van der Waals surface area (Å²) in [6.45, 7) is 1.81. The van der Waals surface area contributed by atoms with Crippen molar-refractivity contribution in [3.8, 4) is 0 Å². The highest BCUT2D eigenvalue weighted by Crippen LogP contribution is 2.52. The van der Waals surface area contributed by atoms with Gasteiger partial charge in [0.1, 0.15) is 5.78 Å². The maximum atomic E-state index is 11.6. The Balaban J connectivity index is 2.23. The highest BCUT2D eigenvalue weighted by atomic mass is 16.1. The van der Waals surface area contributed by atoms with E-state index in [1.807, 2.05) is 6.92 Å². The van der Waals surface area contributed by atoms with Crippen LogP contribution < -0.4 is 0 Å². The number of carbonyl (C=O) groups is 1. The Hall–Kier alpha value is -0.330. The summed E-state index contributed by atoms with van der Waals surface area (Å²) in [6.07, 6.45) is 8.96. The van der Waals surface area contributed by atoms with Crippen molar-refractivity contribution in [1.82, 2.24) is 0 Å². The molecule has 0 heterocycles. The lowest BCUT2D eigenvalue weighted by Gasteiger charge is -2.37. The maximum absolute atomic E-state index is 11.6. The molecular weight excluding hydrogens is 148 g/mol. The van der Waals surface area contributed by atoms with E-state index in [1.165, 1.54) is 44.9 Å². The van der Waals surface area contributed by atoms with E-state index >= 15 is 0 Å². The smallest absolute Gasteiger partial charge is 0.136 e. The average Bonchev–Trinajstić information content (AvgIpc) is 2.48. The molecule has 0 aliphatic heterocycles. The van der Waals surface area contributed by atoms with Crippen LogP contribution in [0.25, 0.3) is 0 Å². The van der Waals surface area contributed by atoms with Gasteiger partial charge in [-0.2, -0.15) is 0 Å². The Labute approximate surface area is 74.5 Å². The molecule has 2 atom stereocenters. The molecule has 0 aromatic heterocycles. The van der Waals surface area contributed by atoms with Gasteiger partial charge in [-0.15, -0.1) is 0 Å². The monoisotopic (exact) mass is 166 g/mol. The lowest BCUT2D eigenvalue weighted by Crippen LogP contribution is -2.35. The molecule has 68 valence electrons.